The number of carbonyl (C=O) groups excluding carboxylic acids is 2. The number of fused-ring (bicyclic) bond motifs is 2. The predicted molar refractivity (Wildman–Crippen MR) is 185 cm³/mol. The third kappa shape index (κ3) is 5.66. The molecule has 1 N–H and O–H groups in total. The minimum absolute atomic E-state index is 0.0690. The summed E-state index contributed by atoms with van der Waals surface area (Å²) in [6.07, 6.45) is 0. The first kappa shape index (κ1) is 29.4. The first-order valence-corrected chi connectivity index (χ1v) is 16.3. The van der Waals surface area contributed by atoms with Gasteiger partial charge in [-0.15, -0.1) is 11.3 Å². The Kier molecular flexibility index (Phi) is 7.84. The van der Waals surface area contributed by atoms with E-state index in [0.717, 1.165) is 44.3 Å². The third-order valence-electron chi connectivity index (χ3n) is 8.67. The molecular weight excluding hydrogens is 589 g/mol. The van der Waals surface area contributed by atoms with Crippen molar-refractivity contribution < 1.29 is 9.59 Å². The van der Waals surface area contributed by atoms with Gasteiger partial charge in [0.2, 0.25) is 0 Å². The first-order valence-electron chi connectivity index (χ1n) is 15.4. The van der Waals surface area contributed by atoms with Crippen LogP contribution in [0.5, 0.6) is 0 Å². The summed E-state index contributed by atoms with van der Waals surface area (Å²) in [7, 11) is 0. The van der Waals surface area contributed by atoms with Crippen LogP contribution in [0.15, 0.2) is 109 Å². The Bertz CT molecular complexity index is 2090. The van der Waals surface area contributed by atoms with Crippen LogP contribution in [-0.4, -0.2) is 21.4 Å². The summed E-state index contributed by atoms with van der Waals surface area (Å²) in [6, 6.07) is 34.3. The van der Waals surface area contributed by atoms with Gasteiger partial charge in [0.05, 0.1) is 25.3 Å². The molecule has 4 aromatic carbocycles. The minimum atomic E-state index is -0.171. The number of aromatic nitrogens is 2. The summed E-state index contributed by atoms with van der Waals surface area (Å²) in [5.74, 6) is -0.240. The normalized spacial score (nSPS) is 12.3. The molecule has 0 saturated carbocycles. The van der Waals surface area contributed by atoms with E-state index >= 15 is 0 Å². The summed E-state index contributed by atoms with van der Waals surface area (Å²) in [5, 5.41) is 5.98. The molecule has 0 bridgehead atoms. The van der Waals surface area contributed by atoms with Crippen LogP contribution < -0.4 is 10.2 Å². The van der Waals surface area contributed by atoms with Crippen molar-refractivity contribution in [1.82, 2.24) is 14.9 Å². The molecule has 7 rings (SSSR count). The van der Waals surface area contributed by atoms with E-state index in [9.17, 15) is 9.59 Å². The number of anilines is 1. The van der Waals surface area contributed by atoms with Gasteiger partial charge in [-0.25, -0.2) is 4.98 Å². The van der Waals surface area contributed by atoms with Crippen molar-refractivity contribution >= 4 is 28.8 Å². The van der Waals surface area contributed by atoms with Crippen LogP contribution >= 0.6 is 11.3 Å². The second-order valence-corrected chi connectivity index (χ2v) is 12.7. The van der Waals surface area contributed by atoms with Crippen LogP contribution in [0.3, 0.4) is 0 Å². The molecule has 1 aliphatic heterocycles. The van der Waals surface area contributed by atoms with E-state index in [1.165, 1.54) is 16.7 Å². The van der Waals surface area contributed by atoms with E-state index in [-0.39, 0.29) is 11.8 Å². The fourth-order valence-corrected chi connectivity index (χ4v) is 6.97. The fourth-order valence-electron chi connectivity index (χ4n) is 6.15. The zero-order valence-corrected chi connectivity index (χ0v) is 26.9. The largest absolute Gasteiger partial charge is 0.345 e. The lowest BCUT2D eigenvalue weighted by atomic mass is 9.95. The van der Waals surface area contributed by atoms with Crippen molar-refractivity contribution in [3.63, 3.8) is 0 Å². The highest BCUT2D eigenvalue weighted by atomic mass is 32.1. The van der Waals surface area contributed by atoms with Crippen molar-refractivity contribution in [2.45, 2.75) is 40.4 Å². The van der Waals surface area contributed by atoms with Crippen LogP contribution in [0.2, 0.25) is 0 Å². The van der Waals surface area contributed by atoms with Gasteiger partial charge in [-0.1, -0.05) is 78.4 Å². The molecule has 0 fully saturated rings. The van der Waals surface area contributed by atoms with E-state index in [4.69, 9.17) is 4.98 Å². The van der Waals surface area contributed by atoms with Crippen LogP contribution in [0.1, 0.15) is 54.5 Å². The molecule has 0 radical (unpaired) electrons. The molecule has 0 spiro atoms. The van der Waals surface area contributed by atoms with Gasteiger partial charge < -0.3 is 14.8 Å². The van der Waals surface area contributed by atoms with Gasteiger partial charge in [-0.3, -0.25) is 9.59 Å². The zero-order valence-electron chi connectivity index (χ0n) is 26.1. The smallest absolute Gasteiger partial charge is 0.268 e. The van der Waals surface area contributed by atoms with Gasteiger partial charge in [-0.2, -0.15) is 0 Å². The van der Waals surface area contributed by atoms with Crippen molar-refractivity contribution in [2.24, 2.45) is 0 Å². The summed E-state index contributed by atoms with van der Waals surface area (Å²) in [5.41, 5.74) is 11.6. The van der Waals surface area contributed by atoms with E-state index in [1.807, 2.05) is 81.6 Å². The third-order valence-corrected chi connectivity index (χ3v) is 9.61. The van der Waals surface area contributed by atoms with Crippen LogP contribution in [-0.2, 0) is 19.6 Å². The highest BCUT2D eigenvalue weighted by molar-refractivity contribution is 7.13. The number of nitrogens with one attached hydrogen (secondary N) is 1. The molecule has 6 nitrogen and oxygen atoms in total. The maximum Gasteiger partial charge on any atom is 0.268 e. The molecular formula is C39H34N4O2S. The number of rotatable bonds is 6. The second-order valence-electron chi connectivity index (χ2n) is 11.9. The Morgan fingerprint density at radius 3 is 2.37 bits per heavy atom. The number of hydrogen-bond donors (Lipinski definition) is 1. The number of aryl methyl sites for hydroxylation is 3. The van der Waals surface area contributed by atoms with Gasteiger partial charge >= 0.3 is 0 Å². The molecule has 7 heteroatoms. The van der Waals surface area contributed by atoms with Gasteiger partial charge in [0, 0.05) is 27.9 Å². The quantitative estimate of drug-likeness (QED) is 0.203. The molecule has 6 aromatic rings. The Hall–Kier alpha value is -5.27. The maximum atomic E-state index is 14.1. The standard InChI is InChI=1S/C39H34N4O2S/c1-25-12-14-28(15-13-25)38-41-31(24-46-38)21-40-37(44)36-19-17-32-23-43(35-11-7-5-9-30(35)22-42(32)36)39(45)29-16-18-34(27(3)20-29)33-10-6-4-8-26(33)2/h4-20,24H,21-23H2,1-3H3,(H,40,44). The molecule has 2 aromatic heterocycles. The van der Waals surface area contributed by atoms with Gasteiger partial charge in [0.25, 0.3) is 11.8 Å². The van der Waals surface area contributed by atoms with E-state index in [1.54, 1.807) is 11.3 Å². The summed E-state index contributed by atoms with van der Waals surface area (Å²) >= 11 is 1.57. The summed E-state index contributed by atoms with van der Waals surface area (Å²) in [6.45, 7) is 7.40. The van der Waals surface area contributed by atoms with Crippen LogP contribution in [0, 0.1) is 20.8 Å². The van der Waals surface area contributed by atoms with Crippen molar-refractivity contribution in [2.75, 3.05) is 4.90 Å². The highest BCUT2D eigenvalue weighted by Crippen LogP contribution is 2.32. The SMILES string of the molecule is Cc1ccc(-c2nc(CNC(=O)c3ccc4n3Cc3ccccc3N(C(=O)c3ccc(-c5ccccc5C)c(C)c3)C4)cs2)cc1. The predicted octanol–water partition coefficient (Wildman–Crippen LogP) is 8.34. The Balaban J connectivity index is 1.12. The topological polar surface area (TPSA) is 67.2 Å². The summed E-state index contributed by atoms with van der Waals surface area (Å²) in [4.78, 5) is 34.2. The molecule has 3 heterocycles. The lowest BCUT2D eigenvalue weighted by Crippen LogP contribution is -2.30. The van der Waals surface area contributed by atoms with Gasteiger partial charge in [-0.05, 0) is 78.9 Å². The number of carbonyl (C=O) groups is 2. The van der Waals surface area contributed by atoms with Crippen molar-refractivity contribution in [3.05, 3.63) is 153 Å². The first-order chi connectivity index (χ1) is 22.4. The Labute approximate surface area is 273 Å². The minimum Gasteiger partial charge on any atom is -0.345 e. The molecule has 46 heavy (non-hydrogen) atoms. The van der Waals surface area contributed by atoms with Crippen LogP contribution in [0.25, 0.3) is 21.7 Å². The lowest BCUT2D eigenvalue weighted by molar-refractivity contribution is 0.0940. The average molecular weight is 623 g/mol. The Morgan fingerprint density at radius 2 is 1.57 bits per heavy atom. The number of thiazole rings is 1. The average Bonchev–Trinajstić information content (AvgIpc) is 3.67. The lowest BCUT2D eigenvalue weighted by Gasteiger charge is -2.23. The molecule has 0 saturated heterocycles. The van der Waals surface area contributed by atoms with Gasteiger partial charge in [0.1, 0.15) is 10.7 Å². The fraction of sp³-hybridized carbons (Fsp3) is 0.154. The Morgan fingerprint density at radius 1 is 0.804 bits per heavy atom. The van der Waals surface area contributed by atoms with E-state index in [0.29, 0.717) is 30.9 Å². The monoisotopic (exact) mass is 622 g/mol. The number of amides is 2. The van der Waals surface area contributed by atoms with Crippen molar-refractivity contribution in [3.8, 4) is 21.7 Å². The molecule has 0 atom stereocenters. The second kappa shape index (κ2) is 12.3. The van der Waals surface area contributed by atoms with E-state index in [2.05, 4.69) is 62.5 Å². The van der Waals surface area contributed by atoms with Crippen LogP contribution in [0.4, 0.5) is 5.69 Å². The maximum absolute atomic E-state index is 14.1. The molecule has 228 valence electrons. The van der Waals surface area contributed by atoms with E-state index < -0.39 is 0 Å². The number of para-hydroxylation sites is 1. The zero-order chi connectivity index (χ0) is 31.8. The number of benzene rings is 4. The molecule has 0 aliphatic carbocycles. The summed E-state index contributed by atoms with van der Waals surface area (Å²) < 4.78 is 2.02. The molecule has 2 amide bonds. The molecule has 0 unspecified atom stereocenters. The molecule has 1 aliphatic rings. The number of hydrogen-bond acceptors (Lipinski definition) is 4. The highest BCUT2D eigenvalue weighted by Gasteiger charge is 2.27. The van der Waals surface area contributed by atoms with Gasteiger partial charge in [0.15, 0.2) is 0 Å². The number of nitrogens with zero attached hydrogens (tertiary/aromatic N) is 3. The van der Waals surface area contributed by atoms with Crippen molar-refractivity contribution in [1.29, 1.82) is 0 Å².